The summed E-state index contributed by atoms with van der Waals surface area (Å²) in [7, 11) is 3.22. The highest BCUT2D eigenvalue weighted by Gasteiger charge is 2.23. The Hall–Kier alpha value is -3.61. The molecule has 0 bridgehead atoms. The Kier molecular flexibility index (Phi) is 4.80. The van der Waals surface area contributed by atoms with Crippen LogP contribution in [-0.2, 0) is 18.4 Å². The number of hydrogen-bond acceptors (Lipinski definition) is 4. The van der Waals surface area contributed by atoms with Crippen LogP contribution in [0.2, 0.25) is 0 Å². The second-order valence-electron chi connectivity index (χ2n) is 6.97. The van der Waals surface area contributed by atoms with Gasteiger partial charge in [-0.2, -0.15) is 5.10 Å². The van der Waals surface area contributed by atoms with Gasteiger partial charge in [-0.1, -0.05) is 30.3 Å². The maximum absolute atomic E-state index is 13.0. The van der Waals surface area contributed by atoms with Crippen molar-refractivity contribution in [3.63, 3.8) is 0 Å². The van der Waals surface area contributed by atoms with Gasteiger partial charge in [0.05, 0.1) is 18.8 Å². The SMILES string of the molecule is COc1cccc(CNC(=O)[C@H](C)n2c3ccccc3c3cnn(C)c(=O)c32)c1. The number of nitrogens with one attached hydrogen (secondary N) is 1. The van der Waals surface area contributed by atoms with E-state index in [1.54, 1.807) is 31.8 Å². The van der Waals surface area contributed by atoms with Gasteiger partial charge in [0, 0.05) is 24.4 Å². The van der Waals surface area contributed by atoms with Crippen LogP contribution in [0.5, 0.6) is 5.75 Å². The van der Waals surface area contributed by atoms with Gasteiger partial charge >= 0.3 is 0 Å². The van der Waals surface area contributed by atoms with Crippen LogP contribution in [0.3, 0.4) is 0 Å². The van der Waals surface area contributed by atoms with Crippen molar-refractivity contribution in [2.75, 3.05) is 7.11 Å². The molecule has 29 heavy (non-hydrogen) atoms. The molecule has 0 saturated heterocycles. The Morgan fingerprint density at radius 1 is 1.17 bits per heavy atom. The number of hydrogen-bond donors (Lipinski definition) is 1. The number of benzene rings is 2. The fourth-order valence-corrected chi connectivity index (χ4v) is 3.63. The van der Waals surface area contributed by atoms with Crippen LogP contribution in [0.25, 0.3) is 21.8 Å². The van der Waals surface area contributed by atoms with Gasteiger partial charge in [0.15, 0.2) is 0 Å². The summed E-state index contributed by atoms with van der Waals surface area (Å²) in [6.07, 6.45) is 1.68. The zero-order chi connectivity index (χ0) is 20.5. The van der Waals surface area contributed by atoms with Gasteiger partial charge in [-0.15, -0.1) is 0 Å². The largest absolute Gasteiger partial charge is 0.497 e. The lowest BCUT2D eigenvalue weighted by molar-refractivity contribution is -0.123. The third kappa shape index (κ3) is 3.24. The molecule has 1 atom stereocenters. The fourth-order valence-electron chi connectivity index (χ4n) is 3.63. The van der Waals surface area contributed by atoms with Crippen molar-refractivity contribution in [2.24, 2.45) is 7.05 Å². The molecule has 0 unspecified atom stereocenters. The summed E-state index contributed by atoms with van der Waals surface area (Å²) in [6.45, 7) is 2.17. The number of para-hydroxylation sites is 1. The monoisotopic (exact) mass is 390 g/mol. The van der Waals surface area contributed by atoms with Gasteiger partial charge in [0.1, 0.15) is 17.3 Å². The summed E-state index contributed by atoms with van der Waals surface area (Å²) in [4.78, 5) is 25.8. The van der Waals surface area contributed by atoms with Crippen LogP contribution in [0.1, 0.15) is 18.5 Å². The molecule has 4 aromatic rings. The Labute approximate surface area is 167 Å². The van der Waals surface area contributed by atoms with Crippen LogP contribution in [0.15, 0.2) is 59.5 Å². The number of ether oxygens (including phenoxy) is 1. The molecular weight excluding hydrogens is 368 g/mol. The highest BCUT2D eigenvalue weighted by Crippen LogP contribution is 2.29. The highest BCUT2D eigenvalue weighted by atomic mass is 16.5. The van der Waals surface area contributed by atoms with Crippen molar-refractivity contribution < 1.29 is 9.53 Å². The molecule has 0 aliphatic heterocycles. The van der Waals surface area contributed by atoms with Gasteiger partial charge < -0.3 is 14.6 Å². The minimum absolute atomic E-state index is 0.172. The van der Waals surface area contributed by atoms with E-state index < -0.39 is 6.04 Å². The first-order chi connectivity index (χ1) is 14.0. The van der Waals surface area contributed by atoms with E-state index >= 15 is 0 Å². The second-order valence-corrected chi connectivity index (χ2v) is 6.97. The van der Waals surface area contributed by atoms with E-state index in [-0.39, 0.29) is 11.5 Å². The molecule has 1 amide bonds. The lowest BCUT2D eigenvalue weighted by Crippen LogP contribution is -2.32. The molecule has 0 aliphatic rings. The number of aryl methyl sites for hydroxylation is 1. The Morgan fingerprint density at radius 3 is 2.76 bits per heavy atom. The molecule has 4 rings (SSSR count). The number of rotatable bonds is 5. The lowest BCUT2D eigenvalue weighted by Gasteiger charge is -2.17. The molecule has 148 valence electrons. The van der Waals surface area contributed by atoms with E-state index in [0.717, 1.165) is 27.6 Å². The molecule has 7 heteroatoms. The summed E-state index contributed by atoms with van der Waals surface area (Å²) in [5.41, 5.74) is 2.02. The normalized spacial score (nSPS) is 12.2. The van der Waals surface area contributed by atoms with E-state index in [0.29, 0.717) is 12.1 Å². The minimum atomic E-state index is -0.571. The first kappa shape index (κ1) is 18.7. The number of fused-ring (bicyclic) bond motifs is 3. The van der Waals surface area contributed by atoms with E-state index in [4.69, 9.17) is 4.74 Å². The van der Waals surface area contributed by atoms with Crippen LogP contribution < -0.4 is 15.6 Å². The highest BCUT2D eigenvalue weighted by molar-refractivity contribution is 6.08. The van der Waals surface area contributed by atoms with Crippen molar-refractivity contribution in [1.29, 1.82) is 0 Å². The van der Waals surface area contributed by atoms with Crippen LogP contribution >= 0.6 is 0 Å². The maximum Gasteiger partial charge on any atom is 0.291 e. The number of amides is 1. The maximum atomic E-state index is 13.0. The average Bonchev–Trinajstić information content (AvgIpc) is 3.09. The third-order valence-corrected chi connectivity index (χ3v) is 5.17. The second kappa shape index (κ2) is 7.43. The predicted molar refractivity (Wildman–Crippen MR) is 112 cm³/mol. The molecular formula is C22H22N4O3. The van der Waals surface area contributed by atoms with Crippen molar-refractivity contribution in [3.8, 4) is 5.75 Å². The van der Waals surface area contributed by atoms with Crippen molar-refractivity contribution in [3.05, 3.63) is 70.6 Å². The molecule has 2 aromatic carbocycles. The molecule has 2 aromatic heterocycles. The molecule has 0 fully saturated rings. The standard InChI is InChI=1S/C22H22N4O3/c1-14(21(27)23-12-15-7-6-8-16(11-15)29-3)26-19-10-5-4-9-17(19)18-13-24-25(2)22(28)20(18)26/h4-11,13-14H,12H2,1-3H3,(H,23,27)/t14-/m0/s1. The van der Waals surface area contributed by atoms with Gasteiger partial charge in [0.25, 0.3) is 5.56 Å². The summed E-state index contributed by atoms with van der Waals surface area (Å²) in [6, 6.07) is 14.6. The van der Waals surface area contributed by atoms with Crippen molar-refractivity contribution >= 4 is 27.7 Å². The molecule has 1 N–H and O–H groups in total. The van der Waals surface area contributed by atoms with E-state index in [2.05, 4.69) is 10.4 Å². The third-order valence-electron chi connectivity index (χ3n) is 5.17. The number of aromatic nitrogens is 3. The van der Waals surface area contributed by atoms with Crippen molar-refractivity contribution in [1.82, 2.24) is 19.7 Å². The van der Waals surface area contributed by atoms with Gasteiger partial charge in [0.2, 0.25) is 5.91 Å². The van der Waals surface area contributed by atoms with Crippen LogP contribution in [0.4, 0.5) is 0 Å². The Morgan fingerprint density at radius 2 is 1.97 bits per heavy atom. The molecule has 0 spiro atoms. The van der Waals surface area contributed by atoms with Gasteiger partial charge in [-0.05, 0) is 30.7 Å². The first-order valence-electron chi connectivity index (χ1n) is 9.37. The molecule has 7 nitrogen and oxygen atoms in total. The average molecular weight is 390 g/mol. The molecule has 2 heterocycles. The van der Waals surface area contributed by atoms with E-state index in [1.807, 2.05) is 48.5 Å². The molecule has 0 radical (unpaired) electrons. The summed E-state index contributed by atoms with van der Waals surface area (Å²) < 4.78 is 8.32. The zero-order valence-corrected chi connectivity index (χ0v) is 16.5. The zero-order valence-electron chi connectivity index (χ0n) is 16.5. The van der Waals surface area contributed by atoms with Gasteiger partial charge in [-0.3, -0.25) is 9.59 Å². The van der Waals surface area contributed by atoms with Crippen molar-refractivity contribution in [2.45, 2.75) is 19.5 Å². The summed E-state index contributed by atoms with van der Waals surface area (Å²) in [5.74, 6) is 0.567. The van der Waals surface area contributed by atoms with Gasteiger partial charge in [-0.25, -0.2) is 4.68 Å². The number of carbonyl (C=O) groups is 1. The molecule has 0 saturated carbocycles. The number of methoxy groups -OCH3 is 1. The quantitative estimate of drug-likeness (QED) is 0.568. The number of nitrogens with zero attached hydrogens (tertiary/aromatic N) is 3. The first-order valence-corrected chi connectivity index (χ1v) is 9.37. The fraction of sp³-hybridized carbons (Fsp3) is 0.227. The van der Waals surface area contributed by atoms with E-state index in [1.165, 1.54) is 4.68 Å². The Bertz CT molecular complexity index is 1270. The Balaban J connectivity index is 1.72. The predicted octanol–water partition coefficient (Wildman–Crippen LogP) is 2.77. The minimum Gasteiger partial charge on any atom is -0.497 e. The van der Waals surface area contributed by atoms with Crippen LogP contribution in [0, 0.1) is 0 Å². The summed E-state index contributed by atoms with van der Waals surface area (Å²) in [5, 5.41) is 8.76. The van der Waals surface area contributed by atoms with E-state index in [9.17, 15) is 9.59 Å². The topological polar surface area (TPSA) is 78.2 Å². The lowest BCUT2D eigenvalue weighted by atomic mass is 10.2. The van der Waals surface area contributed by atoms with Crippen LogP contribution in [-0.4, -0.2) is 27.4 Å². The summed E-state index contributed by atoms with van der Waals surface area (Å²) >= 11 is 0. The molecule has 0 aliphatic carbocycles. The smallest absolute Gasteiger partial charge is 0.291 e. The number of carbonyl (C=O) groups excluding carboxylic acids is 1.